The third-order valence-electron chi connectivity index (χ3n) is 4.82. The number of hydrogen-bond donors (Lipinski definition) is 1. The number of fused-ring (bicyclic) bond motifs is 2. The molecule has 0 unspecified atom stereocenters. The molecule has 1 aliphatic rings. The maximum atomic E-state index is 12.7. The number of H-pyrrole nitrogens is 1. The van der Waals surface area contributed by atoms with Crippen molar-refractivity contribution in [3.05, 3.63) is 71.4 Å². The van der Waals surface area contributed by atoms with Gasteiger partial charge in [-0.3, -0.25) is 4.79 Å². The number of aromatic nitrogens is 1. The molecule has 0 radical (unpaired) electrons. The van der Waals surface area contributed by atoms with Crippen LogP contribution in [0.3, 0.4) is 0 Å². The Bertz CT molecular complexity index is 943. The average molecular weight is 348 g/mol. The van der Waals surface area contributed by atoms with Gasteiger partial charge in [-0.1, -0.05) is 42.5 Å². The van der Waals surface area contributed by atoms with Crippen LogP contribution in [0.15, 0.2) is 54.6 Å². The fraction of sp³-hybridized carbons (Fsp3) is 0.238. The Hall–Kier alpha value is -3.08. The van der Waals surface area contributed by atoms with Crippen molar-refractivity contribution in [3.63, 3.8) is 0 Å². The molecule has 2 aromatic carbocycles. The highest BCUT2D eigenvalue weighted by atomic mass is 16.5. The zero-order valence-electron chi connectivity index (χ0n) is 14.6. The topological polar surface area (TPSA) is 62.4 Å². The van der Waals surface area contributed by atoms with Gasteiger partial charge >= 0.3 is 5.97 Å². The van der Waals surface area contributed by atoms with Gasteiger partial charge in [0.25, 0.3) is 5.91 Å². The number of benzene rings is 2. The normalized spacial score (nSPS) is 14.7. The van der Waals surface area contributed by atoms with Crippen molar-refractivity contribution in [2.75, 3.05) is 6.54 Å². The van der Waals surface area contributed by atoms with Gasteiger partial charge in [-0.15, -0.1) is 0 Å². The number of nitrogens with one attached hydrogen (secondary N) is 1. The van der Waals surface area contributed by atoms with E-state index in [1.165, 1.54) is 5.56 Å². The van der Waals surface area contributed by atoms with Gasteiger partial charge < -0.3 is 14.6 Å². The van der Waals surface area contributed by atoms with Gasteiger partial charge in [0.2, 0.25) is 0 Å². The first-order chi connectivity index (χ1) is 12.6. The van der Waals surface area contributed by atoms with Crippen LogP contribution >= 0.6 is 0 Å². The summed E-state index contributed by atoms with van der Waals surface area (Å²) in [6, 6.07) is 17.5. The standard InChI is InChI=1S/C21H20N2O3/c1-14(20(24)23-11-10-15-6-2-3-8-17(15)13-23)26-21(25)19-12-16-7-4-5-9-18(16)22-19/h2-9,12,14,22H,10-11,13H2,1H3/t14-/m0/s1. The predicted molar refractivity (Wildman–Crippen MR) is 98.7 cm³/mol. The second-order valence-electron chi connectivity index (χ2n) is 6.60. The van der Waals surface area contributed by atoms with Crippen molar-refractivity contribution in [1.82, 2.24) is 9.88 Å². The predicted octanol–water partition coefficient (Wildman–Crippen LogP) is 3.30. The maximum absolute atomic E-state index is 12.7. The lowest BCUT2D eigenvalue weighted by molar-refractivity contribution is -0.140. The molecule has 0 aliphatic carbocycles. The smallest absolute Gasteiger partial charge is 0.355 e. The van der Waals surface area contributed by atoms with Crippen molar-refractivity contribution < 1.29 is 14.3 Å². The molecule has 1 aromatic heterocycles. The Morgan fingerprint density at radius 3 is 2.62 bits per heavy atom. The van der Waals surface area contributed by atoms with Crippen LogP contribution in [0.2, 0.25) is 0 Å². The lowest BCUT2D eigenvalue weighted by Crippen LogP contribution is -2.42. The average Bonchev–Trinajstić information content (AvgIpc) is 3.11. The Morgan fingerprint density at radius 2 is 1.81 bits per heavy atom. The van der Waals surface area contributed by atoms with Gasteiger partial charge in [-0.25, -0.2) is 4.79 Å². The molecule has 0 spiro atoms. The lowest BCUT2D eigenvalue weighted by Gasteiger charge is -2.30. The van der Waals surface area contributed by atoms with E-state index in [2.05, 4.69) is 11.1 Å². The van der Waals surface area contributed by atoms with Crippen molar-refractivity contribution in [1.29, 1.82) is 0 Å². The fourth-order valence-corrected chi connectivity index (χ4v) is 3.40. The van der Waals surface area contributed by atoms with Gasteiger partial charge in [0.05, 0.1) is 0 Å². The monoisotopic (exact) mass is 348 g/mol. The molecule has 5 nitrogen and oxygen atoms in total. The Morgan fingerprint density at radius 1 is 1.08 bits per heavy atom. The molecule has 0 saturated carbocycles. The molecule has 0 bridgehead atoms. The van der Waals surface area contributed by atoms with Crippen molar-refractivity contribution in [2.24, 2.45) is 0 Å². The minimum Gasteiger partial charge on any atom is -0.448 e. The van der Waals surface area contributed by atoms with Gasteiger partial charge in [0.1, 0.15) is 5.69 Å². The fourth-order valence-electron chi connectivity index (χ4n) is 3.40. The van der Waals surface area contributed by atoms with E-state index in [0.29, 0.717) is 18.8 Å². The first kappa shape index (κ1) is 16.4. The van der Waals surface area contributed by atoms with E-state index >= 15 is 0 Å². The molecule has 26 heavy (non-hydrogen) atoms. The highest BCUT2D eigenvalue weighted by Crippen LogP contribution is 2.20. The summed E-state index contributed by atoms with van der Waals surface area (Å²) < 4.78 is 5.41. The number of para-hydroxylation sites is 1. The maximum Gasteiger partial charge on any atom is 0.355 e. The summed E-state index contributed by atoms with van der Waals surface area (Å²) in [5, 5.41) is 0.936. The largest absolute Gasteiger partial charge is 0.448 e. The van der Waals surface area contributed by atoms with E-state index in [4.69, 9.17) is 4.74 Å². The summed E-state index contributed by atoms with van der Waals surface area (Å²) in [6.45, 7) is 2.83. The Balaban J connectivity index is 1.43. The Labute approximate surface area is 151 Å². The van der Waals surface area contributed by atoms with Crippen LogP contribution < -0.4 is 0 Å². The van der Waals surface area contributed by atoms with Crippen LogP contribution in [0.5, 0.6) is 0 Å². The van der Waals surface area contributed by atoms with Gasteiger partial charge in [0, 0.05) is 24.0 Å². The molecule has 1 atom stereocenters. The summed E-state index contributed by atoms with van der Waals surface area (Å²) in [5.41, 5.74) is 3.65. The molecule has 132 valence electrons. The summed E-state index contributed by atoms with van der Waals surface area (Å²) in [4.78, 5) is 29.9. The second kappa shape index (κ2) is 6.67. The number of hydrogen-bond acceptors (Lipinski definition) is 3. The molecule has 1 aliphatic heterocycles. The van der Waals surface area contributed by atoms with E-state index in [1.807, 2.05) is 42.5 Å². The highest BCUT2D eigenvalue weighted by Gasteiger charge is 2.27. The number of carbonyl (C=O) groups is 2. The summed E-state index contributed by atoms with van der Waals surface area (Å²) in [6.07, 6.45) is 0.00380. The Kier molecular flexibility index (Phi) is 4.21. The van der Waals surface area contributed by atoms with E-state index < -0.39 is 12.1 Å². The van der Waals surface area contributed by atoms with E-state index in [1.54, 1.807) is 17.9 Å². The molecular weight excluding hydrogens is 328 g/mol. The van der Waals surface area contributed by atoms with Gasteiger partial charge in [-0.05, 0) is 36.6 Å². The molecule has 1 N–H and O–H groups in total. The zero-order chi connectivity index (χ0) is 18.1. The number of aromatic amines is 1. The third kappa shape index (κ3) is 3.08. The first-order valence-corrected chi connectivity index (χ1v) is 8.76. The molecule has 1 amide bonds. The molecule has 0 fully saturated rings. The molecule has 5 heteroatoms. The number of ether oxygens (including phenoxy) is 1. The van der Waals surface area contributed by atoms with E-state index in [-0.39, 0.29) is 5.91 Å². The number of esters is 1. The molecule has 0 saturated heterocycles. The van der Waals surface area contributed by atoms with Crippen LogP contribution in [0, 0.1) is 0 Å². The van der Waals surface area contributed by atoms with Crippen LogP contribution in [-0.2, 0) is 22.5 Å². The first-order valence-electron chi connectivity index (χ1n) is 8.76. The van der Waals surface area contributed by atoms with Crippen LogP contribution in [0.1, 0.15) is 28.5 Å². The van der Waals surface area contributed by atoms with Crippen LogP contribution in [0.4, 0.5) is 0 Å². The molecule has 2 heterocycles. The summed E-state index contributed by atoms with van der Waals surface area (Å²) >= 11 is 0. The van der Waals surface area contributed by atoms with Crippen molar-refractivity contribution in [2.45, 2.75) is 26.0 Å². The molecule has 4 rings (SSSR count). The van der Waals surface area contributed by atoms with E-state index in [0.717, 1.165) is 22.9 Å². The molecular formula is C21H20N2O3. The second-order valence-corrected chi connectivity index (χ2v) is 6.60. The quantitative estimate of drug-likeness (QED) is 0.739. The van der Waals surface area contributed by atoms with Gasteiger partial charge in [0.15, 0.2) is 6.10 Å². The van der Waals surface area contributed by atoms with Crippen molar-refractivity contribution in [3.8, 4) is 0 Å². The minimum absolute atomic E-state index is 0.163. The van der Waals surface area contributed by atoms with Crippen LogP contribution in [0.25, 0.3) is 10.9 Å². The minimum atomic E-state index is -0.820. The zero-order valence-corrected chi connectivity index (χ0v) is 14.6. The molecule has 3 aromatic rings. The summed E-state index contributed by atoms with van der Waals surface area (Å²) in [7, 11) is 0. The number of rotatable bonds is 3. The summed E-state index contributed by atoms with van der Waals surface area (Å²) in [5.74, 6) is -0.677. The van der Waals surface area contributed by atoms with Crippen LogP contribution in [-0.4, -0.2) is 34.4 Å². The number of nitrogens with zero attached hydrogens (tertiary/aromatic N) is 1. The van der Waals surface area contributed by atoms with Crippen molar-refractivity contribution >= 4 is 22.8 Å². The third-order valence-corrected chi connectivity index (χ3v) is 4.82. The van der Waals surface area contributed by atoms with Gasteiger partial charge in [-0.2, -0.15) is 0 Å². The highest BCUT2D eigenvalue weighted by molar-refractivity contribution is 5.96. The SMILES string of the molecule is C[C@H](OC(=O)c1cc2ccccc2[nH]1)C(=O)N1CCc2ccccc2C1. The number of carbonyl (C=O) groups excluding carboxylic acids is 2. The van der Waals surface area contributed by atoms with E-state index in [9.17, 15) is 9.59 Å². The number of amides is 1. The lowest BCUT2D eigenvalue weighted by atomic mass is 9.99.